The molecule has 0 aliphatic heterocycles. The third-order valence-electron chi connectivity index (χ3n) is 10.0. The van der Waals surface area contributed by atoms with Crippen LogP contribution in [0, 0.1) is 0 Å². The van der Waals surface area contributed by atoms with Crippen molar-refractivity contribution in [1.82, 2.24) is 0 Å². The Labute approximate surface area is 290 Å². The molecule has 9 aromatic carbocycles. The van der Waals surface area contributed by atoms with E-state index in [-0.39, 0.29) is 0 Å². The summed E-state index contributed by atoms with van der Waals surface area (Å²) in [4.78, 5) is 2.40. The van der Waals surface area contributed by atoms with E-state index in [2.05, 4.69) is 193 Å². The lowest BCUT2D eigenvalue weighted by atomic mass is 9.95. The van der Waals surface area contributed by atoms with Gasteiger partial charge in [0.2, 0.25) is 0 Å². The molecule has 0 N–H and O–H groups in total. The number of fused-ring (bicyclic) bond motifs is 8. The topological polar surface area (TPSA) is 16.4 Å². The van der Waals surface area contributed by atoms with Crippen molar-refractivity contribution in [3.8, 4) is 22.3 Å². The summed E-state index contributed by atoms with van der Waals surface area (Å²) in [6.45, 7) is 0. The minimum absolute atomic E-state index is 0.861. The minimum atomic E-state index is 0.861. The molecule has 10 aromatic rings. The highest BCUT2D eigenvalue weighted by Crippen LogP contribution is 2.48. The molecule has 0 aliphatic rings. The van der Waals surface area contributed by atoms with Crippen molar-refractivity contribution in [2.45, 2.75) is 0 Å². The summed E-state index contributed by atoms with van der Waals surface area (Å²) in [6.07, 6.45) is 0. The van der Waals surface area contributed by atoms with Gasteiger partial charge in [0.05, 0.1) is 11.4 Å². The van der Waals surface area contributed by atoms with E-state index in [0.29, 0.717) is 0 Å². The van der Waals surface area contributed by atoms with Crippen molar-refractivity contribution in [1.29, 1.82) is 0 Å². The number of hydrogen-bond acceptors (Lipinski definition) is 2. The summed E-state index contributed by atoms with van der Waals surface area (Å²) < 4.78 is 7.08. The summed E-state index contributed by atoms with van der Waals surface area (Å²) >= 11 is 0. The first kappa shape index (κ1) is 28.4. The van der Waals surface area contributed by atoms with Crippen LogP contribution in [0.5, 0.6) is 0 Å². The first-order valence-electron chi connectivity index (χ1n) is 17.1. The van der Waals surface area contributed by atoms with Crippen LogP contribution in [0.15, 0.2) is 192 Å². The van der Waals surface area contributed by atoms with Crippen LogP contribution in [0.25, 0.3) is 76.5 Å². The van der Waals surface area contributed by atoms with E-state index in [4.69, 9.17) is 4.42 Å². The molecular formula is C48H31NO. The van der Waals surface area contributed by atoms with Crippen molar-refractivity contribution >= 4 is 71.3 Å². The number of furan rings is 1. The molecule has 0 aliphatic carbocycles. The maximum atomic E-state index is 7.08. The van der Waals surface area contributed by atoms with Crippen molar-refractivity contribution in [2.75, 3.05) is 4.90 Å². The number of rotatable bonds is 5. The smallest absolute Gasteiger partial charge is 0.159 e. The Morgan fingerprint density at radius 2 is 0.900 bits per heavy atom. The van der Waals surface area contributed by atoms with E-state index in [1.807, 2.05) is 0 Å². The van der Waals surface area contributed by atoms with Gasteiger partial charge in [0.1, 0.15) is 5.58 Å². The third-order valence-corrected chi connectivity index (χ3v) is 10.0. The molecule has 0 atom stereocenters. The summed E-state index contributed by atoms with van der Waals surface area (Å²) in [7, 11) is 0. The number of anilines is 3. The second kappa shape index (κ2) is 11.5. The van der Waals surface area contributed by atoms with E-state index >= 15 is 0 Å². The van der Waals surface area contributed by atoms with Gasteiger partial charge < -0.3 is 9.32 Å². The van der Waals surface area contributed by atoms with Crippen LogP contribution in [0.2, 0.25) is 0 Å². The van der Waals surface area contributed by atoms with Crippen LogP contribution in [-0.4, -0.2) is 0 Å². The zero-order valence-corrected chi connectivity index (χ0v) is 27.3. The van der Waals surface area contributed by atoms with Crippen LogP contribution in [0.1, 0.15) is 0 Å². The van der Waals surface area contributed by atoms with Gasteiger partial charge in [-0.05, 0) is 74.1 Å². The van der Waals surface area contributed by atoms with Gasteiger partial charge in [-0.2, -0.15) is 0 Å². The molecule has 1 aromatic heterocycles. The number of benzene rings is 9. The van der Waals surface area contributed by atoms with Gasteiger partial charge in [0.15, 0.2) is 5.58 Å². The van der Waals surface area contributed by atoms with Crippen LogP contribution < -0.4 is 4.90 Å². The first-order chi connectivity index (χ1) is 24.8. The predicted molar refractivity (Wildman–Crippen MR) is 212 cm³/mol. The zero-order valence-electron chi connectivity index (χ0n) is 27.3. The average Bonchev–Trinajstić information content (AvgIpc) is 3.58. The van der Waals surface area contributed by atoms with E-state index in [0.717, 1.165) is 50.0 Å². The standard InChI is InChI=1S/C48H31NO/c1-3-15-32(16-4-1)34-20-13-21-36(29-34)49(46-30-35-19-7-8-22-37(35)38-23-9-11-25-40(38)46)45-28-14-27-42-44-31-43(33-17-5-2-6-18-33)39-24-10-12-26-41(39)47(44)50-48(42)45/h1-31H. The van der Waals surface area contributed by atoms with Gasteiger partial charge in [-0.3, -0.25) is 0 Å². The molecule has 1 heterocycles. The molecule has 234 valence electrons. The van der Waals surface area contributed by atoms with Crippen LogP contribution >= 0.6 is 0 Å². The normalized spacial score (nSPS) is 11.6. The van der Waals surface area contributed by atoms with Gasteiger partial charge in [-0.1, -0.05) is 158 Å². The largest absolute Gasteiger partial charge is 0.453 e. The molecule has 2 nitrogen and oxygen atoms in total. The highest BCUT2D eigenvalue weighted by atomic mass is 16.3. The Balaban J connectivity index is 1.30. The molecule has 50 heavy (non-hydrogen) atoms. The second-order valence-corrected chi connectivity index (χ2v) is 12.9. The van der Waals surface area contributed by atoms with Crippen LogP contribution in [-0.2, 0) is 0 Å². The lowest BCUT2D eigenvalue weighted by molar-refractivity contribution is 0.673. The van der Waals surface area contributed by atoms with Crippen molar-refractivity contribution in [3.05, 3.63) is 188 Å². The molecule has 0 spiro atoms. The quantitative estimate of drug-likeness (QED) is 0.175. The van der Waals surface area contributed by atoms with Crippen molar-refractivity contribution in [2.24, 2.45) is 0 Å². The molecule has 0 amide bonds. The Morgan fingerprint density at radius 1 is 0.320 bits per heavy atom. The van der Waals surface area contributed by atoms with E-state index in [1.165, 1.54) is 43.6 Å². The van der Waals surface area contributed by atoms with Gasteiger partial charge in [0.25, 0.3) is 0 Å². The maximum Gasteiger partial charge on any atom is 0.159 e. The molecule has 10 rings (SSSR count). The Kier molecular flexibility index (Phi) is 6.53. The fourth-order valence-corrected chi connectivity index (χ4v) is 7.72. The SMILES string of the molecule is c1ccc(-c2cccc(N(c3cc4ccccc4c4ccccc34)c3cccc4c3oc3c5ccccc5c(-c5ccccc5)cc43)c2)cc1. The zero-order chi connectivity index (χ0) is 33.0. The van der Waals surface area contributed by atoms with Gasteiger partial charge in [-0.15, -0.1) is 0 Å². The highest BCUT2D eigenvalue weighted by molar-refractivity contribution is 6.22. The molecule has 2 heteroatoms. The highest BCUT2D eigenvalue weighted by Gasteiger charge is 2.23. The molecule has 0 fully saturated rings. The van der Waals surface area contributed by atoms with Gasteiger partial charge in [-0.25, -0.2) is 0 Å². The van der Waals surface area contributed by atoms with Crippen LogP contribution in [0.3, 0.4) is 0 Å². The first-order valence-corrected chi connectivity index (χ1v) is 17.1. The minimum Gasteiger partial charge on any atom is -0.453 e. The van der Waals surface area contributed by atoms with Gasteiger partial charge >= 0.3 is 0 Å². The van der Waals surface area contributed by atoms with E-state index in [1.54, 1.807) is 0 Å². The molecule has 0 bridgehead atoms. The summed E-state index contributed by atoms with van der Waals surface area (Å²) in [5.41, 5.74) is 9.67. The molecule has 0 unspecified atom stereocenters. The number of para-hydroxylation sites is 1. The predicted octanol–water partition coefficient (Wildman–Crippen LogP) is 13.8. The summed E-state index contributed by atoms with van der Waals surface area (Å²) in [6, 6.07) is 67.3. The fraction of sp³-hybridized carbons (Fsp3) is 0. The Hall–Kier alpha value is -6.64. The maximum absolute atomic E-state index is 7.08. The second-order valence-electron chi connectivity index (χ2n) is 12.9. The number of hydrogen-bond donors (Lipinski definition) is 0. The summed E-state index contributed by atoms with van der Waals surface area (Å²) in [5.74, 6) is 0. The molecule has 0 radical (unpaired) electrons. The van der Waals surface area contributed by atoms with Crippen LogP contribution in [0.4, 0.5) is 17.1 Å². The van der Waals surface area contributed by atoms with E-state index in [9.17, 15) is 0 Å². The monoisotopic (exact) mass is 637 g/mol. The fourth-order valence-electron chi connectivity index (χ4n) is 7.72. The Bertz CT molecular complexity index is 2870. The van der Waals surface area contributed by atoms with Gasteiger partial charge in [0, 0.05) is 27.2 Å². The third kappa shape index (κ3) is 4.50. The Morgan fingerprint density at radius 3 is 1.70 bits per heavy atom. The molecular weight excluding hydrogens is 607 g/mol. The van der Waals surface area contributed by atoms with E-state index < -0.39 is 0 Å². The number of nitrogens with zero attached hydrogens (tertiary/aromatic N) is 1. The average molecular weight is 638 g/mol. The molecule has 0 saturated heterocycles. The van der Waals surface area contributed by atoms with Crippen molar-refractivity contribution in [3.63, 3.8) is 0 Å². The summed E-state index contributed by atoms with van der Waals surface area (Å²) in [5, 5.41) is 9.34. The van der Waals surface area contributed by atoms with Crippen molar-refractivity contribution < 1.29 is 4.42 Å². The lowest BCUT2D eigenvalue weighted by Crippen LogP contribution is -2.11. The molecule has 0 saturated carbocycles. The lowest BCUT2D eigenvalue weighted by Gasteiger charge is -2.28.